The van der Waals surface area contributed by atoms with Gasteiger partial charge in [0, 0.05) is 12.1 Å². The molecule has 1 heterocycles. The van der Waals surface area contributed by atoms with Crippen molar-refractivity contribution in [3.8, 4) is 0 Å². The zero-order valence-corrected chi connectivity index (χ0v) is 5.00. The average Bonchev–Trinajstić information content (AvgIpc) is 1.60. The van der Waals surface area contributed by atoms with Crippen LogP contribution in [0.1, 0.15) is 6.42 Å². The van der Waals surface area contributed by atoms with Gasteiger partial charge in [-0.15, -0.1) is 0 Å². The smallest absolute Gasteiger partial charge is 0.328 e. The van der Waals surface area contributed by atoms with Crippen molar-refractivity contribution < 1.29 is 9.90 Å². The van der Waals surface area contributed by atoms with Gasteiger partial charge in [-0.3, -0.25) is 0 Å². The Bertz CT molecular complexity index is 138. The van der Waals surface area contributed by atoms with Gasteiger partial charge < -0.3 is 10.4 Å². The first kappa shape index (κ1) is 6.29. The molecule has 0 spiro atoms. The molecule has 0 aromatic rings. The molecular formula is C6H9NO2. The average molecular weight is 127 g/mol. The summed E-state index contributed by atoms with van der Waals surface area (Å²) < 4.78 is 0. The molecule has 1 aliphatic heterocycles. The zero-order chi connectivity index (χ0) is 6.69. The van der Waals surface area contributed by atoms with Gasteiger partial charge in [0.15, 0.2) is 0 Å². The Morgan fingerprint density at radius 3 is 2.78 bits per heavy atom. The van der Waals surface area contributed by atoms with Crippen LogP contribution in [0.15, 0.2) is 12.2 Å². The highest BCUT2D eigenvalue weighted by atomic mass is 16.4. The van der Waals surface area contributed by atoms with Gasteiger partial charge in [0.2, 0.25) is 0 Å². The van der Waals surface area contributed by atoms with Gasteiger partial charge in [-0.05, 0) is 13.0 Å². The summed E-state index contributed by atoms with van der Waals surface area (Å²) in [4.78, 5) is 9.93. The lowest BCUT2D eigenvalue weighted by Crippen LogP contribution is -2.41. The maximum atomic E-state index is 9.93. The third-order valence-corrected chi connectivity index (χ3v) is 1.33. The molecule has 0 aromatic carbocycles. The second-order valence-electron chi connectivity index (χ2n) is 2.05. The van der Waals surface area contributed by atoms with E-state index in [1.165, 1.54) is 6.08 Å². The first-order valence-corrected chi connectivity index (χ1v) is 2.93. The van der Waals surface area contributed by atoms with Crippen LogP contribution >= 0.6 is 0 Å². The number of rotatable bonds is 2. The van der Waals surface area contributed by atoms with Crippen LogP contribution in [0.5, 0.6) is 0 Å². The summed E-state index contributed by atoms with van der Waals surface area (Å²) in [6.07, 6.45) is 3.91. The van der Waals surface area contributed by atoms with Crippen LogP contribution in [0.25, 0.3) is 0 Å². The molecule has 9 heavy (non-hydrogen) atoms. The van der Waals surface area contributed by atoms with E-state index >= 15 is 0 Å². The van der Waals surface area contributed by atoms with Crippen molar-refractivity contribution in [3.63, 3.8) is 0 Å². The van der Waals surface area contributed by atoms with Crippen molar-refractivity contribution in [2.75, 3.05) is 6.54 Å². The van der Waals surface area contributed by atoms with Crippen LogP contribution in [0, 0.1) is 0 Å². The molecule has 0 amide bonds. The number of hydrogen-bond donors (Lipinski definition) is 2. The van der Waals surface area contributed by atoms with Crippen molar-refractivity contribution >= 4 is 5.97 Å². The number of carboxylic acid groups (broad SMARTS) is 1. The van der Waals surface area contributed by atoms with Crippen molar-refractivity contribution in [2.45, 2.75) is 12.5 Å². The van der Waals surface area contributed by atoms with E-state index in [2.05, 4.69) is 5.32 Å². The standard InChI is InChI=1S/C6H9NO2/c8-6(9)2-1-5-3-4-7-5/h1-2,5,7H,3-4H2,(H,8,9)/b2-1+/t5-/m1/s1. The Balaban J connectivity index is 2.22. The number of carboxylic acids is 1. The zero-order valence-electron chi connectivity index (χ0n) is 5.00. The van der Waals surface area contributed by atoms with Crippen molar-refractivity contribution in [2.24, 2.45) is 0 Å². The monoisotopic (exact) mass is 127 g/mol. The van der Waals surface area contributed by atoms with E-state index in [1.807, 2.05) is 0 Å². The van der Waals surface area contributed by atoms with Gasteiger partial charge >= 0.3 is 5.97 Å². The van der Waals surface area contributed by atoms with E-state index in [-0.39, 0.29) is 0 Å². The van der Waals surface area contributed by atoms with E-state index in [0.29, 0.717) is 6.04 Å². The van der Waals surface area contributed by atoms with Crippen molar-refractivity contribution in [3.05, 3.63) is 12.2 Å². The minimum absolute atomic E-state index is 0.307. The Hall–Kier alpha value is -0.830. The third kappa shape index (κ3) is 1.85. The second-order valence-corrected chi connectivity index (χ2v) is 2.05. The summed E-state index contributed by atoms with van der Waals surface area (Å²) in [7, 11) is 0. The van der Waals surface area contributed by atoms with E-state index in [0.717, 1.165) is 13.0 Å². The summed E-state index contributed by atoms with van der Waals surface area (Å²) in [6.45, 7) is 1.01. The minimum atomic E-state index is -0.872. The van der Waals surface area contributed by atoms with E-state index < -0.39 is 5.97 Å². The Morgan fingerprint density at radius 2 is 2.44 bits per heavy atom. The van der Waals surface area contributed by atoms with Crippen LogP contribution in [-0.2, 0) is 4.79 Å². The largest absolute Gasteiger partial charge is 0.478 e. The van der Waals surface area contributed by atoms with Crippen molar-refractivity contribution in [1.29, 1.82) is 0 Å². The lowest BCUT2D eigenvalue weighted by molar-refractivity contribution is -0.131. The molecule has 0 bridgehead atoms. The van der Waals surface area contributed by atoms with Crippen LogP contribution in [0.2, 0.25) is 0 Å². The summed E-state index contributed by atoms with van der Waals surface area (Å²) in [5, 5.41) is 11.2. The highest BCUT2D eigenvalue weighted by Gasteiger charge is 2.11. The Labute approximate surface area is 53.4 Å². The van der Waals surface area contributed by atoms with Gasteiger partial charge in [-0.2, -0.15) is 0 Å². The molecule has 0 unspecified atom stereocenters. The molecule has 0 aromatic heterocycles. The molecule has 0 aliphatic carbocycles. The fourth-order valence-electron chi connectivity index (χ4n) is 0.674. The predicted molar refractivity (Wildman–Crippen MR) is 33.2 cm³/mol. The van der Waals surface area contributed by atoms with Gasteiger partial charge in [0.05, 0.1) is 0 Å². The Morgan fingerprint density at radius 1 is 1.78 bits per heavy atom. The summed E-state index contributed by atoms with van der Waals surface area (Å²) in [5.41, 5.74) is 0. The molecule has 1 atom stereocenters. The van der Waals surface area contributed by atoms with Gasteiger partial charge in [0.25, 0.3) is 0 Å². The maximum Gasteiger partial charge on any atom is 0.328 e. The lowest BCUT2D eigenvalue weighted by Gasteiger charge is -2.23. The topological polar surface area (TPSA) is 49.3 Å². The van der Waals surface area contributed by atoms with Crippen LogP contribution < -0.4 is 5.32 Å². The molecule has 3 heteroatoms. The normalized spacial score (nSPS) is 26.0. The molecule has 0 saturated carbocycles. The molecule has 1 saturated heterocycles. The lowest BCUT2D eigenvalue weighted by atomic mass is 10.1. The fraction of sp³-hybridized carbons (Fsp3) is 0.500. The molecule has 1 aliphatic rings. The van der Waals surface area contributed by atoms with E-state index in [1.54, 1.807) is 6.08 Å². The molecule has 0 radical (unpaired) electrons. The summed E-state index contributed by atoms with van der Waals surface area (Å²) in [6, 6.07) is 0.307. The second kappa shape index (κ2) is 2.64. The Kier molecular flexibility index (Phi) is 1.85. The predicted octanol–water partition coefficient (Wildman–Crippen LogP) is -0.0109. The molecule has 2 N–H and O–H groups in total. The molecular weight excluding hydrogens is 118 g/mol. The number of aliphatic carboxylic acids is 1. The summed E-state index contributed by atoms with van der Waals surface area (Å²) >= 11 is 0. The highest BCUT2D eigenvalue weighted by molar-refractivity contribution is 5.79. The molecule has 1 rings (SSSR count). The minimum Gasteiger partial charge on any atom is -0.478 e. The molecule has 3 nitrogen and oxygen atoms in total. The van der Waals surface area contributed by atoms with Gasteiger partial charge in [-0.25, -0.2) is 4.79 Å². The quantitative estimate of drug-likeness (QED) is 0.513. The van der Waals surface area contributed by atoms with Gasteiger partial charge in [0.1, 0.15) is 0 Å². The summed E-state index contributed by atoms with van der Waals surface area (Å²) in [5.74, 6) is -0.872. The SMILES string of the molecule is O=C(O)/C=C/[C@@H]1CCN1. The molecule has 1 fully saturated rings. The fourth-order valence-corrected chi connectivity index (χ4v) is 0.674. The first-order chi connectivity index (χ1) is 4.29. The third-order valence-electron chi connectivity index (χ3n) is 1.33. The first-order valence-electron chi connectivity index (χ1n) is 2.93. The van der Waals surface area contributed by atoms with E-state index in [4.69, 9.17) is 5.11 Å². The highest BCUT2D eigenvalue weighted by Crippen LogP contribution is 2.01. The van der Waals surface area contributed by atoms with Gasteiger partial charge in [-0.1, -0.05) is 6.08 Å². The van der Waals surface area contributed by atoms with Crippen LogP contribution in [0.4, 0.5) is 0 Å². The van der Waals surface area contributed by atoms with E-state index in [9.17, 15) is 4.79 Å². The molecule has 50 valence electrons. The van der Waals surface area contributed by atoms with Crippen LogP contribution in [-0.4, -0.2) is 23.7 Å². The number of nitrogens with one attached hydrogen (secondary N) is 1. The number of hydrogen-bond acceptors (Lipinski definition) is 2. The maximum absolute atomic E-state index is 9.93. The van der Waals surface area contributed by atoms with Crippen molar-refractivity contribution in [1.82, 2.24) is 5.32 Å². The van der Waals surface area contributed by atoms with Crippen LogP contribution in [0.3, 0.4) is 0 Å². The number of carbonyl (C=O) groups is 1.